The quantitative estimate of drug-likeness (QED) is 0.0375. The standard InChI is InChI=1S/C54H59Cl2N7O12/c1-30-43(55)20-34(59-53(68)57-24-32-4-6-37-41(28-74-47(37)18-32)39-8-10-49(64)61-51(39)66)22-45(30)72-15-13-62-12-14-71-27-36(26-62)63-50(65)11-9-40(52(63)67)42-29-75-48-19-33(5-7-38(42)48)25-58-54(69)60-35-21-44(56)31(2)46(23-35)73-17-16-70-3/h4-7,18-23,28-29,36,39-40,50,65H,8-17,24-27H2,1-3H3,(H2,57,59,68)(H2,58,60,69)(H,61,64,66). The van der Waals surface area contributed by atoms with E-state index >= 15 is 0 Å². The van der Waals surface area contributed by atoms with Crippen molar-refractivity contribution in [2.75, 3.05) is 70.4 Å². The zero-order valence-corrected chi connectivity index (χ0v) is 43.2. The second kappa shape index (κ2) is 23.8. The minimum absolute atomic E-state index is 0.186. The van der Waals surface area contributed by atoms with E-state index in [1.54, 1.807) is 54.9 Å². The molecule has 4 unspecified atom stereocenters. The third kappa shape index (κ3) is 12.5. The van der Waals surface area contributed by atoms with Gasteiger partial charge in [-0.05, 0) is 68.5 Å². The average Bonchev–Trinajstić information content (AvgIpc) is 3.93. The first kappa shape index (κ1) is 53.0. The van der Waals surface area contributed by atoms with Gasteiger partial charge in [0.2, 0.25) is 17.7 Å². The van der Waals surface area contributed by atoms with Crippen molar-refractivity contribution < 1.29 is 56.9 Å². The summed E-state index contributed by atoms with van der Waals surface area (Å²) in [4.78, 5) is 68.2. The van der Waals surface area contributed by atoms with Gasteiger partial charge in [-0.25, -0.2) is 9.59 Å². The Bertz CT molecular complexity index is 3110. The van der Waals surface area contributed by atoms with Gasteiger partial charge in [-0.15, -0.1) is 0 Å². The van der Waals surface area contributed by atoms with Crippen LogP contribution < -0.4 is 36.1 Å². The van der Waals surface area contributed by atoms with Crippen LogP contribution in [0.2, 0.25) is 10.0 Å². The van der Waals surface area contributed by atoms with Crippen molar-refractivity contribution in [3.63, 3.8) is 0 Å². The molecule has 21 heteroatoms. The molecule has 0 bridgehead atoms. The number of furan rings is 2. The maximum Gasteiger partial charge on any atom is 0.319 e. The number of anilines is 2. The van der Waals surface area contributed by atoms with E-state index < -0.39 is 36.2 Å². The third-order valence-corrected chi connectivity index (χ3v) is 14.7. The van der Waals surface area contributed by atoms with E-state index in [9.17, 15) is 29.1 Å². The minimum atomic E-state index is -0.997. The van der Waals surface area contributed by atoms with E-state index in [-0.39, 0.29) is 50.4 Å². The van der Waals surface area contributed by atoms with Gasteiger partial charge in [-0.3, -0.25) is 24.6 Å². The molecule has 6 aromatic rings. The number of hydrogen-bond acceptors (Lipinski definition) is 13. The highest BCUT2D eigenvalue weighted by atomic mass is 35.5. The summed E-state index contributed by atoms with van der Waals surface area (Å²) in [7, 11) is 1.59. The lowest BCUT2D eigenvalue weighted by Crippen LogP contribution is -2.56. The first-order valence-corrected chi connectivity index (χ1v) is 25.6. The molecule has 2 aromatic heterocycles. The van der Waals surface area contributed by atoms with Crippen LogP contribution in [0.15, 0.2) is 82.0 Å². The topological polar surface area (TPSA) is 235 Å². The van der Waals surface area contributed by atoms with Crippen molar-refractivity contribution in [2.24, 2.45) is 0 Å². The SMILES string of the molecule is COCCOc1cc(NC(=O)NCc2ccc3c(C4CCC(O)N(C5COCCN(CCOc6cc(NC(=O)NCc7ccc8c(C9CCC(=O)NC9=O)coc8c7)cc(Cl)c6C)C5)C4=O)coc3c2)cc(Cl)c1C. The molecule has 3 aliphatic rings. The van der Waals surface area contributed by atoms with Gasteiger partial charge in [-0.2, -0.15) is 0 Å². The predicted molar refractivity (Wildman–Crippen MR) is 280 cm³/mol. The number of nitrogens with one attached hydrogen (secondary N) is 5. The highest BCUT2D eigenvalue weighted by Gasteiger charge is 2.41. The van der Waals surface area contributed by atoms with E-state index in [1.165, 1.54) is 0 Å². The molecule has 19 nitrogen and oxygen atoms in total. The van der Waals surface area contributed by atoms with Crippen LogP contribution in [-0.2, 0) is 36.9 Å². The number of methoxy groups -OCH3 is 1. The number of fused-ring (bicyclic) bond motifs is 2. The Morgan fingerprint density at radius 3 is 1.93 bits per heavy atom. The monoisotopic (exact) mass is 1070 g/mol. The molecule has 7 amide bonds. The van der Waals surface area contributed by atoms with Gasteiger partial charge in [0.05, 0.1) is 50.2 Å². The zero-order chi connectivity index (χ0) is 52.8. The number of hydrogen-bond donors (Lipinski definition) is 6. The highest BCUT2D eigenvalue weighted by molar-refractivity contribution is 6.32. The van der Waals surface area contributed by atoms with Crippen LogP contribution in [0.25, 0.3) is 21.9 Å². The van der Waals surface area contributed by atoms with Crippen LogP contribution in [0, 0.1) is 13.8 Å². The van der Waals surface area contributed by atoms with Crippen LogP contribution >= 0.6 is 23.2 Å². The lowest BCUT2D eigenvalue weighted by molar-refractivity contribution is -0.156. The van der Waals surface area contributed by atoms with Gasteiger partial charge in [0, 0.05) is 113 Å². The van der Waals surface area contributed by atoms with Crippen molar-refractivity contribution in [1.82, 2.24) is 25.8 Å². The first-order valence-electron chi connectivity index (χ1n) is 24.8. The Morgan fingerprint density at radius 1 is 0.760 bits per heavy atom. The van der Waals surface area contributed by atoms with Gasteiger partial charge >= 0.3 is 12.1 Å². The number of benzene rings is 4. The molecule has 3 fully saturated rings. The van der Waals surface area contributed by atoms with Gasteiger partial charge in [-0.1, -0.05) is 47.5 Å². The Morgan fingerprint density at radius 2 is 1.35 bits per heavy atom. The number of aliphatic hydroxyl groups excluding tert-OH is 1. The van der Waals surface area contributed by atoms with Crippen LogP contribution in [0.4, 0.5) is 21.0 Å². The van der Waals surface area contributed by atoms with Crippen molar-refractivity contribution in [3.05, 3.63) is 117 Å². The number of likely N-dealkylation sites (tertiary alicyclic amines) is 1. The van der Waals surface area contributed by atoms with Crippen LogP contribution in [0.5, 0.6) is 11.5 Å². The summed E-state index contributed by atoms with van der Waals surface area (Å²) in [5.74, 6) is -0.837. The van der Waals surface area contributed by atoms with Crippen molar-refractivity contribution in [3.8, 4) is 11.5 Å². The first-order chi connectivity index (χ1) is 36.2. The van der Waals surface area contributed by atoms with Gasteiger partial charge in [0.1, 0.15) is 42.1 Å². The molecule has 0 saturated carbocycles. The fourth-order valence-electron chi connectivity index (χ4n) is 9.77. The summed E-state index contributed by atoms with van der Waals surface area (Å²) in [5.41, 5.74) is 6.47. The molecule has 6 N–H and O–H groups in total. The smallest absolute Gasteiger partial charge is 0.319 e. The number of aliphatic hydroxyl groups is 1. The summed E-state index contributed by atoms with van der Waals surface area (Å²) in [6.07, 6.45) is 3.62. The average molecular weight is 1070 g/mol. The number of rotatable bonds is 17. The van der Waals surface area contributed by atoms with Crippen molar-refractivity contribution in [1.29, 1.82) is 0 Å². The van der Waals surface area contributed by atoms with Crippen LogP contribution in [0.1, 0.15) is 70.9 Å². The summed E-state index contributed by atoms with van der Waals surface area (Å²) in [5, 5.41) is 27.5. The van der Waals surface area contributed by atoms with Crippen LogP contribution in [0.3, 0.4) is 0 Å². The Hall–Kier alpha value is -6.87. The molecule has 0 aliphatic carbocycles. The molecule has 9 rings (SSSR count). The molecule has 396 valence electrons. The van der Waals surface area contributed by atoms with Gasteiger partial charge in [0.15, 0.2) is 0 Å². The van der Waals surface area contributed by atoms with E-state index in [4.69, 9.17) is 51.0 Å². The van der Waals surface area contributed by atoms with E-state index in [0.29, 0.717) is 108 Å². The van der Waals surface area contributed by atoms with Crippen molar-refractivity contribution >= 4 is 86.3 Å². The second-order valence-electron chi connectivity index (χ2n) is 18.9. The maximum absolute atomic E-state index is 14.4. The normalized spacial score (nSPS) is 19.4. The van der Waals surface area contributed by atoms with E-state index in [2.05, 4.69) is 31.5 Å². The maximum atomic E-state index is 14.4. The summed E-state index contributed by atoms with van der Waals surface area (Å²) >= 11 is 13.0. The molecule has 0 radical (unpaired) electrons. The van der Waals surface area contributed by atoms with Crippen LogP contribution in [-0.4, -0.2) is 117 Å². The lowest BCUT2D eigenvalue weighted by Gasteiger charge is -2.41. The minimum Gasteiger partial charge on any atom is -0.492 e. The second-order valence-corrected chi connectivity index (χ2v) is 19.7. The number of carbonyl (C=O) groups is 5. The number of urea groups is 2. The number of nitrogens with zero attached hydrogens (tertiary/aromatic N) is 2. The summed E-state index contributed by atoms with van der Waals surface area (Å²) in [6.45, 7) is 7.20. The Balaban J connectivity index is 0.765. The van der Waals surface area contributed by atoms with Gasteiger partial charge < -0.3 is 59.1 Å². The summed E-state index contributed by atoms with van der Waals surface area (Å²) in [6, 6.07) is 16.5. The number of halogens is 2. The molecular weight excluding hydrogens is 1010 g/mol. The highest BCUT2D eigenvalue weighted by Crippen LogP contribution is 2.38. The number of ether oxygens (including phenoxy) is 4. The fraction of sp³-hybridized carbons (Fsp3) is 0.389. The molecular formula is C54H59Cl2N7O12. The lowest BCUT2D eigenvalue weighted by atomic mass is 9.87. The zero-order valence-electron chi connectivity index (χ0n) is 41.7. The van der Waals surface area contributed by atoms with Crippen molar-refractivity contribution in [2.45, 2.75) is 76.7 Å². The van der Waals surface area contributed by atoms with E-state index in [1.807, 2.05) is 44.2 Å². The fourth-order valence-corrected chi connectivity index (χ4v) is 10.2. The molecule has 4 aromatic carbocycles. The molecule has 75 heavy (non-hydrogen) atoms. The molecule has 3 saturated heterocycles. The molecule has 4 atom stereocenters. The predicted octanol–water partition coefficient (Wildman–Crippen LogP) is 8.10. The molecule has 5 heterocycles. The number of amides is 7. The molecule has 0 spiro atoms. The Labute approximate surface area is 442 Å². The number of carbonyl (C=O) groups excluding carboxylic acids is 5. The number of imide groups is 1. The largest absolute Gasteiger partial charge is 0.492 e. The van der Waals surface area contributed by atoms with E-state index in [0.717, 1.165) is 38.6 Å². The third-order valence-electron chi connectivity index (χ3n) is 13.9. The van der Waals surface area contributed by atoms with Gasteiger partial charge in [0.25, 0.3) is 0 Å². The summed E-state index contributed by atoms with van der Waals surface area (Å²) < 4.78 is 34.9. The molecule has 3 aliphatic heterocycles. The number of piperidine rings is 2. The Kier molecular flexibility index (Phi) is 16.8.